The van der Waals surface area contributed by atoms with Gasteiger partial charge in [-0.25, -0.2) is 4.90 Å². The molecular weight excluding hydrogens is 471 g/mol. The molecule has 0 saturated carbocycles. The molecule has 0 aliphatic carbocycles. The SMILES string of the molecule is O=C(c1ccc(Cl)cc1)C1C2C(=O)N(c3ccc(Cl)cc3)C(=O)C2C2c3ccccc3C=CN12. The fraction of sp³-hybridized carbons (Fsp3) is 0.148. The van der Waals surface area contributed by atoms with Crippen LogP contribution in [0.3, 0.4) is 0 Å². The Bertz CT molecular complexity index is 1370. The first-order valence-corrected chi connectivity index (χ1v) is 11.7. The summed E-state index contributed by atoms with van der Waals surface area (Å²) in [6.07, 6.45) is 3.78. The van der Waals surface area contributed by atoms with Gasteiger partial charge in [0.25, 0.3) is 0 Å². The molecule has 3 aliphatic rings. The molecule has 168 valence electrons. The molecule has 34 heavy (non-hydrogen) atoms. The summed E-state index contributed by atoms with van der Waals surface area (Å²) in [5.41, 5.74) is 2.82. The van der Waals surface area contributed by atoms with E-state index in [-0.39, 0.29) is 17.6 Å². The second-order valence-corrected chi connectivity index (χ2v) is 9.57. The zero-order valence-electron chi connectivity index (χ0n) is 17.8. The van der Waals surface area contributed by atoms with Crippen molar-refractivity contribution in [2.75, 3.05) is 4.90 Å². The van der Waals surface area contributed by atoms with Crippen molar-refractivity contribution in [3.63, 3.8) is 0 Å². The van der Waals surface area contributed by atoms with Gasteiger partial charge >= 0.3 is 0 Å². The van der Waals surface area contributed by atoms with Gasteiger partial charge in [-0.15, -0.1) is 0 Å². The molecule has 3 aliphatic heterocycles. The fourth-order valence-corrected chi connectivity index (χ4v) is 5.74. The number of nitrogens with zero attached hydrogens (tertiary/aromatic N) is 2. The van der Waals surface area contributed by atoms with E-state index in [1.54, 1.807) is 48.5 Å². The molecule has 0 aromatic heterocycles. The van der Waals surface area contributed by atoms with Crippen LogP contribution in [0.25, 0.3) is 6.08 Å². The average Bonchev–Trinajstić information content (AvgIpc) is 3.32. The predicted octanol–water partition coefficient (Wildman–Crippen LogP) is 5.39. The summed E-state index contributed by atoms with van der Waals surface area (Å²) in [7, 11) is 0. The number of Topliss-reactive ketones (excluding diaryl/α,β-unsaturated/α-hetero) is 1. The lowest BCUT2D eigenvalue weighted by Crippen LogP contribution is -2.44. The van der Waals surface area contributed by atoms with E-state index in [2.05, 4.69) is 0 Å². The molecule has 0 N–H and O–H groups in total. The van der Waals surface area contributed by atoms with Crippen molar-refractivity contribution < 1.29 is 14.4 Å². The molecule has 2 amide bonds. The van der Waals surface area contributed by atoms with Crippen LogP contribution >= 0.6 is 23.2 Å². The molecule has 0 radical (unpaired) electrons. The highest BCUT2D eigenvalue weighted by Gasteiger charge is 2.64. The largest absolute Gasteiger partial charge is 0.358 e. The average molecular weight is 489 g/mol. The highest BCUT2D eigenvalue weighted by atomic mass is 35.5. The minimum atomic E-state index is -0.813. The number of benzene rings is 3. The highest BCUT2D eigenvalue weighted by molar-refractivity contribution is 6.31. The summed E-state index contributed by atoms with van der Waals surface area (Å²) >= 11 is 12.0. The van der Waals surface area contributed by atoms with E-state index in [1.807, 2.05) is 41.4 Å². The molecule has 4 atom stereocenters. The van der Waals surface area contributed by atoms with Crippen LogP contribution in [-0.2, 0) is 9.59 Å². The maximum absolute atomic E-state index is 13.8. The van der Waals surface area contributed by atoms with Gasteiger partial charge in [-0.2, -0.15) is 0 Å². The smallest absolute Gasteiger partial charge is 0.240 e. The third-order valence-electron chi connectivity index (χ3n) is 6.94. The highest BCUT2D eigenvalue weighted by Crippen LogP contribution is 2.53. The minimum Gasteiger partial charge on any atom is -0.358 e. The lowest BCUT2D eigenvalue weighted by atomic mass is 9.83. The molecule has 4 unspecified atom stereocenters. The summed E-state index contributed by atoms with van der Waals surface area (Å²) < 4.78 is 0. The summed E-state index contributed by atoms with van der Waals surface area (Å²) in [4.78, 5) is 44.5. The van der Waals surface area contributed by atoms with E-state index in [4.69, 9.17) is 23.2 Å². The van der Waals surface area contributed by atoms with E-state index >= 15 is 0 Å². The van der Waals surface area contributed by atoms with Gasteiger partial charge in [0.15, 0.2) is 5.78 Å². The van der Waals surface area contributed by atoms with Crippen LogP contribution in [0.15, 0.2) is 79.0 Å². The molecular formula is C27H18Cl2N2O3. The summed E-state index contributed by atoms with van der Waals surface area (Å²) in [6.45, 7) is 0. The van der Waals surface area contributed by atoms with Crippen LogP contribution in [0.4, 0.5) is 5.69 Å². The molecule has 6 rings (SSSR count). The Kier molecular flexibility index (Phi) is 4.87. The van der Waals surface area contributed by atoms with Gasteiger partial charge in [-0.3, -0.25) is 14.4 Å². The van der Waals surface area contributed by atoms with Crippen LogP contribution in [0.1, 0.15) is 27.5 Å². The van der Waals surface area contributed by atoms with E-state index < -0.39 is 23.9 Å². The first kappa shape index (κ1) is 21.1. The third-order valence-corrected chi connectivity index (χ3v) is 7.45. The molecule has 0 bridgehead atoms. The van der Waals surface area contributed by atoms with Gasteiger partial charge < -0.3 is 4.90 Å². The first-order valence-electron chi connectivity index (χ1n) is 10.9. The van der Waals surface area contributed by atoms with Crippen molar-refractivity contribution in [2.45, 2.75) is 12.1 Å². The number of fused-ring (bicyclic) bond motifs is 5. The zero-order valence-corrected chi connectivity index (χ0v) is 19.3. The lowest BCUT2D eigenvalue weighted by Gasteiger charge is -2.35. The van der Waals surface area contributed by atoms with E-state index in [0.717, 1.165) is 11.1 Å². The normalized spacial score (nSPS) is 24.8. The predicted molar refractivity (Wildman–Crippen MR) is 131 cm³/mol. The zero-order chi connectivity index (χ0) is 23.6. The number of rotatable bonds is 3. The van der Waals surface area contributed by atoms with Crippen LogP contribution in [0, 0.1) is 11.8 Å². The van der Waals surface area contributed by atoms with Crippen LogP contribution in [0.2, 0.25) is 10.0 Å². The Balaban J connectivity index is 1.49. The van der Waals surface area contributed by atoms with Crippen molar-refractivity contribution in [1.29, 1.82) is 0 Å². The Hall–Kier alpha value is -3.41. The van der Waals surface area contributed by atoms with Crippen molar-refractivity contribution in [2.24, 2.45) is 11.8 Å². The van der Waals surface area contributed by atoms with Gasteiger partial charge in [-0.05, 0) is 65.7 Å². The molecule has 7 heteroatoms. The molecule has 3 aromatic rings. The van der Waals surface area contributed by atoms with Crippen molar-refractivity contribution in [3.8, 4) is 0 Å². The van der Waals surface area contributed by atoms with Gasteiger partial charge in [0.05, 0.1) is 23.6 Å². The number of carbonyl (C=O) groups is 3. The van der Waals surface area contributed by atoms with Crippen molar-refractivity contribution >= 4 is 52.6 Å². The van der Waals surface area contributed by atoms with E-state index in [1.165, 1.54) is 4.90 Å². The molecule has 3 heterocycles. The summed E-state index contributed by atoms with van der Waals surface area (Å²) in [6, 6.07) is 19.8. The monoisotopic (exact) mass is 488 g/mol. The number of hydrogen-bond acceptors (Lipinski definition) is 4. The van der Waals surface area contributed by atoms with Crippen molar-refractivity contribution in [1.82, 2.24) is 4.90 Å². The Morgan fingerprint density at radius 3 is 2.09 bits per heavy atom. The number of ketones is 1. The summed E-state index contributed by atoms with van der Waals surface area (Å²) in [5.74, 6) is -2.38. The molecule has 5 nitrogen and oxygen atoms in total. The van der Waals surface area contributed by atoms with Crippen LogP contribution in [0.5, 0.6) is 0 Å². The molecule has 2 fully saturated rings. The number of halogens is 2. The molecule has 3 aromatic carbocycles. The standard InChI is InChI=1S/C27H18Cl2N2O3/c28-17-7-5-16(6-8-17)25(32)24-22-21(23-20-4-2-1-3-15(20)13-14-30(23)24)26(33)31(27(22)34)19-11-9-18(29)10-12-19/h1-14,21-24H. The number of hydrogen-bond donors (Lipinski definition) is 0. The maximum atomic E-state index is 13.8. The number of amides is 2. The Morgan fingerprint density at radius 1 is 0.765 bits per heavy atom. The van der Waals surface area contributed by atoms with Crippen LogP contribution in [-0.4, -0.2) is 28.5 Å². The first-order chi connectivity index (χ1) is 16.5. The van der Waals surface area contributed by atoms with Gasteiger partial charge in [0, 0.05) is 21.8 Å². The lowest BCUT2D eigenvalue weighted by molar-refractivity contribution is -0.123. The topological polar surface area (TPSA) is 57.7 Å². The Labute approximate surface area is 206 Å². The minimum absolute atomic E-state index is 0.211. The second-order valence-electron chi connectivity index (χ2n) is 8.69. The summed E-state index contributed by atoms with van der Waals surface area (Å²) in [5, 5.41) is 1.03. The van der Waals surface area contributed by atoms with Gasteiger partial charge in [0.1, 0.15) is 6.04 Å². The van der Waals surface area contributed by atoms with Gasteiger partial charge in [0.2, 0.25) is 11.8 Å². The maximum Gasteiger partial charge on any atom is 0.240 e. The number of carbonyl (C=O) groups excluding carboxylic acids is 3. The molecule has 2 saturated heterocycles. The third kappa shape index (κ3) is 3.04. The van der Waals surface area contributed by atoms with E-state index in [0.29, 0.717) is 21.3 Å². The quantitative estimate of drug-likeness (QED) is 0.366. The Morgan fingerprint density at radius 2 is 1.38 bits per heavy atom. The number of anilines is 1. The molecule has 0 spiro atoms. The fourth-order valence-electron chi connectivity index (χ4n) is 5.49. The van der Waals surface area contributed by atoms with E-state index in [9.17, 15) is 14.4 Å². The van der Waals surface area contributed by atoms with Gasteiger partial charge in [-0.1, -0.05) is 47.5 Å². The second kappa shape index (κ2) is 7.83. The number of imide groups is 1. The van der Waals surface area contributed by atoms with Crippen LogP contribution < -0.4 is 4.90 Å². The van der Waals surface area contributed by atoms with Crippen molar-refractivity contribution in [3.05, 3.63) is 106 Å².